The van der Waals surface area contributed by atoms with Crippen LogP contribution in [0.1, 0.15) is 39.5 Å². The Morgan fingerprint density at radius 2 is 1.73 bits per heavy atom. The Morgan fingerprint density at radius 1 is 1.20 bits per heavy atom. The lowest BCUT2D eigenvalue weighted by Gasteiger charge is -2.42. The second kappa shape index (κ2) is 5.28. The van der Waals surface area contributed by atoms with Gasteiger partial charge in [0.2, 0.25) is 0 Å². The second-order valence-electron chi connectivity index (χ2n) is 5.61. The fraction of sp³-hybridized carbons (Fsp3) is 1.00. The van der Waals surface area contributed by atoms with E-state index in [1.165, 1.54) is 12.8 Å². The smallest absolute Gasteiger partial charge is 0.0433 e. The molecule has 0 atom stereocenters. The third kappa shape index (κ3) is 3.74. The van der Waals surface area contributed by atoms with Gasteiger partial charge in [-0.05, 0) is 52.6 Å². The number of rotatable bonds is 4. The summed E-state index contributed by atoms with van der Waals surface area (Å²) in [5, 5.41) is 11.6. The van der Waals surface area contributed by atoms with Crippen LogP contribution < -0.4 is 0 Å². The van der Waals surface area contributed by atoms with E-state index < -0.39 is 0 Å². The van der Waals surface area contributed by atoms with Gasteiger partial charge in [0.05, 0.1) is 0 Å². The highest BCUT2D eigenvalue weighted by molar-refractivity contribution is 4.87. The van der Waals surface area contributed by atoms with Crippen LogP contribution in [0.5, 0.6) is 0 Å². The van der Waals surface area contributed by atoms with Crippen LogP contribution in [-0.4, -0.2) is 47.9 Å². The molecule has 1 aliphatic carbocycles. The first kappa shape index (κ1) is 12.9. The Bertz CT molecular complexity index is 186. The normalized spacial score (nSPS) is 32.6. The van der Waals surface area contributed by atoms with Gasteiger partial charge in [0.15, 0.2) is 0 Å². The van der Waals surface area contributed by atoms with Crippen molar-refractivity contribution in [1.29, 1.82) is 0 Å². The molecular formula is C12H26N2O. The van der Waals surface area contributed by atoms with Crippen LogP contribution in [0.2, 0.25) is 0 Å². The third-order valence-electron chi connectivity index (χ3n) is 3.73. The summed E-state index contributed by atoms with van der Waals surface area (Å²) in [6.07, 6.45) is 4.74. The highest BCUT2D eigenvalue weighted by Gasteiger charge is 2.34. The third-order valence-corrected chi connectivity index (χ3v) is 3.73. The minimum atomic E-state index is 0.0164. The largest absolute Gasteiger partial charge is 0.313 e. The van der Waals surface area contributed by atoms with E-state index in [1.807, 2.05) is 14.1 Å². The molecule has 0 unspecified atom stereocenters. The molecule has 0 aromatic rings. The minimum Gasteiger partial charge on any atom is -0.313 e. The van der Waals surface area contributed by atoms with Crippen molar-refractivity contribution in [2.75, 3.05) is 27.2 Å². The van der Waals surface area contributed by atoms with Crippen LogP contribution in [0, 0.1) is 5.92 Å². The van der Waals surface area contributed by atoms with Crippen LogP contribution in [-0.2, 0) is 0 Å². The summed E-state index contributed by atoms with van der Waals surface area (Å²) in [5.74, 6) is 0.834. The fourth-order valence-corrected chi connectivity index (χ4v) is 2.21. The molecule has 0 aromatic carbocycles. The summed E-state index contributed by atoms with van der Waals surface area (Å²) in [4.78, 5) is 2.11. The van der Waals surface area contributed by atoms with Crippen LogP contribution in [0.15, 0.2) is 0 Å². The molecule has 0 heterocycles. The maximum atomic E-state index is 10.1. The molecule has 1 rings (SSSR count). The van der Waals surface area contributed by atoms with Crippen LogP contribution in [0.4, 0.5) is 0 Å². The molecular weight excluding hydrogens is 188 g/mol. The zero-order chi connectivity index (χ0) is 11.5. The molecule has 1 saturated carbocycles. The van der Waals surface area contributed by atoms with Gasteiger partial charge in [-0.3, -0.25) is 0 Å². The van der Waals surface area contributed by atoms with Gasteiger partial charge in [-0.15, -0.1) is 0 Å². The molecule has 0 saturated heterocycles. The zero-order valence-electron chi connectivity index (χ0n) is 10.7. The maximum Gasteiger partial charge on any atom is 0.0433 e. The Balaban J connectivity index is 2.39. The Labute approximate surface area is 94.0 Å². The molecule has 3 heteroatoms. The van der Waals surface area contributed by atoms with Gasteiger partial charge in [0.1, 0.15) is 0 Å². The number of hydrogen-bond donors (Lipinski definition) is 1. The number of likely N-dealkylation sites (N-methyl/N-ethyl adjacent to an activating group) is 1. The van der Waals surface area contributed by atoms with Crippen molar-refractivity contribution in [1.82, 2.24) is 9.96 Å². The Kier molecular flexibility index (Phi) is 4.56. The first-order valence-corrected chi connectivity index (χ1v) is 6.05. The maximum absolute atomic E-state index is 10.1. The monoisotopic (exact) mass is 214 g/mol. The summed E-state index contributed by atoms with van der Waals surface area (Å²) in [6.45, 7) is 6.16. The van der Waals surface area contributed by atoms with Gasteiger partial charge in [-0.2, -0.15) is 5.06 Å². The first-order chi connectivity index (χ1) is 6.94. The van der Waals surface area contributed by atoms with Crippen molar-refractivity contribution in [2.24, 2.45) is 5.92 Å². The first-order valence-electron chi connectivity index (χ1n) is 6.05. The van der Waals surface area contributed by atoms with Crippen LogP contribution in [0.3, 0.4) is 0 Å². The van der Waals surface area contributed by atoms with E-state index in [2.05, 4.69) is 18.7 Å². The summed E-state index contributed by atoms with van der Waals surface area (Å²) in [6, 6.07) is 0. The van der Waals surface area contributed by atoms with Gasteiger partial charge in [-0.25, -0.2) is 0 Å². The topological polar surface area (TPSA) is 26.7 Å². The number of hydrogen-bond acceptors (Lipinski definition) is 3. The number of nitrogens with zero attached hydrogens (tertiary/aromatic N) is 2. The van der Waals surface area contributed by atoms with E-state index in [-0.39, 0.29) is 5.54 Å². The van der Waals surface area contributed by atoms with Gasteiger partial charge < -0.3 is 10.1 Å². The summed E-state index contributed by atoms with van der Waals surface area (Å²) >= 11 is 0. The molecule has 0 bridgehead atoms. The Hall–Kier alpha value is -0.120. The lowest BCUT2D eigenvalue weighted by atomic mass is 9.78. The number of hydroxylamine groups is 2. The molecule has 0 aromatic heterocycles. The van der Waals surface area contributed by atoms with Crippen molar-refractivity contribution in [3.8, 4) is 0 Å². The molecule has 15 heavy (non-hydrogen) atoms. The second-order valence-corrected chi connectivity index (χ2v) is 5.61. The van der Waals surface area contributed by atoms with Crippen molar-refractivity contribution in [2.45, 2.75) is 45.1 Å². The molecule has 0 radical (unpaired) electrons. The molecule has 1 fully saturated rings. The highest BCUT2D eigenvalue weighted by Crippen LogP contribution is 2.34. The summed E-state index contributed by atoms with van der Waals surface area (Å²) < 4.78 is 0. The van der Waals surface area contributed by atoms with Crippen LogP contribution in [0.25, 0.3) is 0 Å². The van der Waals surface area contributed by atoms with E-state index in [9.17, 15) is 5.21 Å². The molecule has 3 nitrogen and oxygen atoms in total. The minimum absolute atomic E-state index is 0.0164. The summed E-state index contributed by atoms with van der Waals surface area (Å²) in [7, 11) is 4.08. The molecule has 1 aliphatic rings. The van der Waals surface area contributed by atoms with E-state index in [4.69, 9.17) is 0 Å². The lowest BCUT2D eigenvalue weighted by Crippen LogP contribution is -2.48. The standard InChI is InChI=1S/C12H26N2O/c1-11-5-7-12(2,8-6-11)14(15)10-9-13(3)4/h11,15H,5-10H2,1-4H3. The summed E-state index contributed by atoms with van der Waals surface area (Å²) in [5.41, 5.74) is 0.0164. The Morgan fingerprint density at radius 3 is 2.20 bits per heavy atom. The molecule has 0 spiro atoms. The van der Waals surface area contributed by atoms with Gasteiger partial charge in [-0.1, -0.05) is 6.92 Å². The van der Waals surface area contributed by atoms with E-state index >= 15 is 0 Å². The van der Waals surface area contributed by atoms with Crippen LogP contribution >= 0.6 is 0 Å². The van der Waals surface area contributed by atoms with E-state index in [0.717, 1.165) is 31.8 Å². The lowest BCUT2D eigenvalue weighted by molar-refractivity contribution is -0.182. The van der Waals surface area contributed by atoms with Gasteiger partial charge >= 0.3 is 0 Å². The quantitative estimate of drug-likeness (QED) is 0.727. The average Bonchev–Trinajstić information content (AvgIpc) is 2.19. The van der Waals surface area contributed by atoms with Crippen molar-refractivity contribution >= 4 is 0 Å². The highest BCUT2D eigenvalue weighted by atomic mass is 16.5. The van der Waals surface area contributed by atoms with E-state index in [1.54, 1.807) is 5.06 Å². The predicted molar refractivity (Wildman–Crippen MR) is 63.1 cm³/mol. The molecule has 0 aliphatic heterocycles. The predicted octanol–water partition coefficient (Wildman–Crippen LogP) is 2.21. The van der Waals surface area contributed by atoms with Crippen molar-refractivity contribution in [3.05, 3.63) is 0 Å². The zero-order valence-corrected chi connectivity index (χ0v) is 10.7. The molecule has 90 valence electrons. The fourth-order valence-electron chi connectivity index (χ4n) is 2.21. The SMILES string of the molecule is CC1CCC(C)(N(O)CCN(C)C)CC1. The van der Waals surface area contributed by atoms with Gasteiger partial charge in [0, 0.05) is 18.6 Å². The van der Waals surface area contributed by atoms with E-state index in [0.29, 0.717) is 0 Å². The van der Waals surface area contributed by atoms with Crippen molar-refractivity contribution < 1.29 is 5.21 Å². The van der Waals surface area contributed by atoms with Gasteiger partial charge in [0.25, 0.3) is 0 Å². The molecule has 0 amide bonds. The average molecular weight is 214 g/mol. The molecule has 1 N–H and O–H groups in total. The van der Waals surface area contributed by atoms with Crippen molar-refractivity contribution in [3.63, 3.8) is 0 Å².